The molecule has 1 amide bonds. The van der Waals surface area contributed by atoms with Crippen LogP contribution in [0.5, 0.6) is 0 Å². The average molecular weight is 274 g/mol. The fraction of sp³-hybridized carbons (Fsp3) is 0.455. The van der Waals surface area contributed by atoms with E-state index in [1.165, 1.54) is 12.1 Å². The molecule has 7 heteroatoms. The molecule has 2 N–H and O–H groups in total. The number of ether oxygens (including phenoxy) is 1. The maximum Gasteiger partial charge on any atom is 0.305 e. The van der Waals surface area contributed by atoms with Gasteiger partial charge in [-0.05, 0) is 30.2 Å². The molecule has 98 valence electrons. The quantitative estimate of drug-likeness (QED) is 0.863. The van der Waals surface area contributed by atoms with Crippen LogP contribution in [0.25, 0.3) is 0 Å². The van der Waals surface area contributed by atoms with Crippen molar-refractivity contribution >= 4 is 23.5 Å². The highest BCUT2D eigenvalue weighted by molar-refractivity contribution is 6.29. The van der Waals surface area contributed by atoms with Crippen LogP contribution >= 0.6 is 11.6 Å². The third kappa shape index (κ3) is 2.83. The fourth-order valence-electron chi connectivity index (χ4n) is 1.92. The van der Waals surface area contributed by atoms with Gasteiger partial charge in [0, 0.05) is 6.61 Å². The van der Waals surface area contributed by atoms with Gasteiger partial charge in [0.05, 0.1) is 18.6 Å². The third-order valence-corrected chi connectivity index (χ3v) is 2.97. The number of nitrogens with one attached hydrogen (secondary N) is 1. The van der Waals surface area contributed by atoms with Crippen molar-refractivity contribution in [3.63, 3.8) is 0 Å². The van der Waals surface area contributed by atoms with Crippen molar-refractivity contribution in [1.82, 2.24) is 5.32 Å². The van der Waals surface area contributed by atoms with Gasteiger partial charge in [0.15, 0.2) is 11.0 Å². The number of halogens is 1. The van der Waals surface area contributed by atoms with Crippen LogP contribution in [0.3, 0.4) is 0 Å². The van der Waals surface area contributed by atoms with Crippen LogP contribution in [0.2, 0.25) is 5.22 Å². The molecule has 0 aromatic carbocycles. The molecule has 2 rings (SSSR count). The third-order valence-electron chi connectivity index (χ3n) is 2.77. The van der Waals surface area contributed by atoms with Crippen LogP contribution in [0.4, 0.5) is 0 Å². The van der Waals surface area contributed by atoms with E-state index in [0.717, 1.165) is 0 Å². The Morgan fingerprint density at radius 1 is 1.50 bits per heavy atom. The molecule has 18 heavy (non-hydrogen) atoms. The Labute approximate surface area is 108 Å². The highest BCUT2D eigenvalue weighted by Crippen LogP contribution is 2.24. The molecule has 1 saturated heterocycles. The van der Waals surface area contributed by atoms with Gasteiger partial charge in [-0.1, -0.05) is 0 Å². The zero-order valence-corrected chi connectivity index (χ0v) is 10.2. The second kappa shape index (κ2) is 4.99. The van der Waals surface area contributed by atoms with Crippen LogP contribution in [0.1, 0.15) is 23.4 Å². The minimum atomic E-state index is -0.988. The Morgan fingerprint density at radius 3 is 2.78 bits per heavy atom. The van der Waals surface area contributed by atoms with E-state index in [9.17, 15) is 9.59 Å². The topological polar surface area (TPSA) is 88.8 Å². The van der Waals surface area contributed by atoms with Crippen LogP contribution in [-0.2, 0) is 9.53 Å². The van der Waals surface area contributed by atoms with Crippen LogP contribution in [0.15, 0.2) is 16.5 Å². The van der Waals surface area contributed by atoms with Crippen molar-refractivity contribution in [3.8, 4) is 0 Å². The van der Waals surface area contributed by atoms with Gasteiger partial charge in [-0.2, -0.15) is 0 Å². The number of hydrogen-bond donors (Lipinski definition) is 2. The molecule has 6 nitrogen and oxygen atoms in total. The van der Waals surface area contributed by atoms with Crippen LogP contribution in [-0.4, -0.2) is 35.7 Å². The Hall–Kier alpha value is -1.53. The lowest BCUT2D eigenvalue weighted by Crippen LogP contribution is -2.50. The predicted molar refractivity (Wildman–Crippen MR) is 61.6 cm³/mol. The highest BCUT2D eigenvalue weighted by atomic mass is 35.5. The summed E-state index contributed by atoms with van der Waals surface area (Å²) in [5.41, 5.74) is -0.873. The summed E-state index contributed by atoms with van der Waals surface area (Å²) in [5, 5.41) is 11.6. The van der Waals surface area contributed by atoms with Gasteiger partial charge in [-0.25, -0.2) is 0 Å². The van der Waals surface area contributed by atoms with Crippen LogP contribution in [0, 0.1) is 0 Å². The molecule has 0 spiro atoms. The summed E-state index contributed by atoms with van der Waals surface area (Å²) in [6, 6.07) is 2.88. The molecular weight excluding hydrogens is 262 g/mol. The maximum atomic E-state index is 11.9. The molecule has 1 fully saturated rings. The molecule has 0 aliphatic carbocycles. The standard InChI is InChI=1S/C11H12ClNO5/c12-8-2-1-7(18-8)10(16)13-11(5-9(14)15)3-4-17-6-11/h1-2H,3-6H2,(H,13,16)(H,14,15). The van der Waals surface area contributed by atoms with Gasteiger partial charge < -0.3 is 19.6 Å². The molecule has 1 aliphatic heterocycles. The molecule has 0 bridgehead atoms. The number of aliphatic carboxylic acids is 1. The van der Waals surface area contributed by atoms with E-state index >= 15 is 0 Å². The summed E-state index contributed by atoms with van der Waals surface area (Å²) >= 11 is 5.57. The summed E-state index contributed by atoms with van der Waals surface area (Å²) in [7, 11) is 0. The zero-order valence-electron chi connectivity index (χ0n) is 9.44. The first-order valence-electron chi connectivity index (χ1n) is 5.38. The first-order chi connectivity index (χ1) is 8.51. The summed E-state index contributed by atoms with van der Waals surface area (Å²) < 4.78 is 10.1. The molecule has 1 unspecified atom stereocenters. The van der Waals surface area contributed by atoms with Gasteiger partial charge in [0.2, 0.25) is 0 Å². The molecule has 0 saturated carbocycles. The summed E-state index contributed by atoms with van der Waals surface area (Å²) in [6.45, 7) is 0.603. The first kappa shape index (κ1) is 12.9. The minimum Gasteiger partial charge on any atom is -0.481 e. The van der Waals surface area contributed by atoms with Gasteiger partial charge >= 0.3 is 5.97 Å². The Morgan fingerprint density at radius 2 is 2.28 bits per heavy atom. The number of carbonyl (C=O) groups is 2. The van der Waals surface area contributed by atoms with Crippen molar-refractivity contribution in [2.75, 3.05) is 13.2 Å². The summed E-state index contributed by atoms with van der Waals surface area (Å²) in [5.74, 6) is -1.43. The highest BCUT2D eigenvalue weighted by Gasteiger charge is 2.39. The Kier molecular flexibility index (Phi) is 3.58. The van der Waals surface area contributed by atoms with E-state index in [-0.39, 0.29) is 24.0 Å². The minimum absolute atomic E-state index is 0.0525. The van der Waals surface area contributed by atoms with E-state index in [4.69, 9.17) is 25.9 Å². The molecule has 1 aliphatic rings. The average Bonchev–Trinajstić information content (AvgIpc) is 2.87. The van der Waals surface area contributed by atoms with Crippen molar-refractivity contribution in [1.29, 1.82) is 0 Å². The largest absolute Gasteiger partial charge is 0.481 e. The number of rotatable bonds is 4. The van der Waals surface area contributed by atoms with Crippen molar-refractivity contribution in [3.05, 3.63) is 23.1 Å². The number of furan rings is 1. The molecule has 1 aromatic rings. The SMILES string of the molecule is O=C(O)CC1(NC(=O)c2ccc(Cl)o2)CCOC1. The number of hydrogen-bond acceptors (Lipinski definition) is 4. The number of carbonyl (C=O) groups excluding carboxylic acids is 1. The Balaban J connectivity index is 2.09. The Bertz CT molecular complexity index is 464. The zero-order chi connectivity index (χ0) is 13.2. The lowest BCUT2D eigenvalue weighted by molar-refractivity contribution is -0.138. The number of carboxylic acids is 1. The lowest BCUT2D eigenvalue weighted by Gasteiger charge is -2.26. The molecule has 1 atom stereocenters. The van der Waals surface area contributed by atoms with E-state index in [0.29, 0.717) is 13.0 Å². The van der Waals surface area contributed by atoms with E-state index in [1.54, 1.807) is 0 Å². The van der Waals surface area contributed by atoms with Gasteiger partial charge in [-0.15, -0.1) is 0 Å². The predicted octanol–water partition coefficient (Wildman–Crippen LogP) is 1.30. The molecule has 1 aromatic heterocycles. The summed E-state index contributed by atoms with van der Waals surface area (Å²) in [6.07, 6.45) is 0.270. The summed E-state index contributed by atoms with van der Waals surface area (Å²) in [4.78, 5) is 22.7. The van der Waals surface area contributed by atoms with E-state index in [1.807, 2.05) is 0 Å². The molecule has 0 radical (unpaired) electrons. The van der Waals surface area contributed by atoms with Crippen molar-refractivity contribution in [2.45, 2.75) is 18.4 Å². The van der Waals surface area contributed by atoms with Crippen molar-refractivity contribution < 1.29 is 23.8 Å². The number of carboxylic acid groups (broad SMARTS) is 1. The van der Waals surface area contributed by atoms with E-state index < -0.39 is 17.4 Å². The van der Waals surface area contributed by atoms with Crippen LogP contribution < -0.4 is 5.32 Å². The maximum absolute atomic E-state index is 11.9. The number of amides is 1. The molecule has 2 heterocycles. The second-order valence-corrected chi connectivity index (χ2v) is 4.58. The van der Waals surface area contributed by atoms with E-state index in [2.05, 4.69) is 5.32 Å². The smallest absolute Gasteiger partial charge is 0.305 e. The van der Waals surface area contributed by atoms with Gasteiger partial charge in [-0.3, -0.25) is 9.59 Å². The second-order valence-electron chi connectivity index (χ2n) is 4.21. The lowest BCUT2D eigenvalue weighted by atomic mass is 9.94. The van der Waals surface area contributed by atoms with Gasteiger partial charge in [0.25, 0.3) is 5.91 Å². The molecular formula is C11H12ClNO5. The monoisotopic (exact) mass is 273 g/mol. The fourth-order valence-corrected chi connectivity index (χ4v) is 2.06. The van der Waals surface area contributed by atoms with Crippen molar-refractivity contribution in [2.24, 2.45) is 0 Å². The van der Waals surface area contributed by atoms with Gasteiger partial charge in [0.1, 0.15) is 0 Å². The normalized spacial score (nSPS) is 22.9. The first-order valence-corrected chi connectivity index (χ1v) is 5.76.